The summed E-state index contributed by atoms with van der Waals surface area (Å²) in [5, 5.41) is 14.9. The third kappa shape index (κ3) is 4.09. The van der Waals surface area contributed by atoms with E-state index in [1.54, 1.807) is 14.1 Å². The molecular formula is C12H26N6. The number of hydrogen-bond acceptors (Lipinski definition) is 4. The third-order valence-electron chi connectivity index (χ3n) is 2.63. The van der Waals surface area contributed by atoms with Gasteiger partial charge in [-0.25, -0.2) is 0 Å². The van der Waals surface area contributed by atoms with Gasteiger partial charge in [-0.3, -0.25) is 9.98 Å². The Bertz CT molecular complexity index is 318. The number of hydrogen-bond donors (Lipinski definition) is 2. The fourth-order valence-corrected chi connectivity index (χ4v) is 1.73. The van der Waals surface area contributed by atoms with Gasteiger partial charge in [-0.2, -0.15) is 10.2 Å². The van der Waals surface area contributed by atoms with Crippen molar-refractivity contribution in [2.24, 2.45) is 20.2 Å². The van der Waals surface area contributed by atoms with Crippen LogP contribution >= 0.6 is 0 Å². The van der Waals surface area contributed by atoms with Crippen LogP contribution in [0.5, 0.6) is 0 Å². The van der Waals surface area contributed by atoms with Gasteiger partial charge in [0.25, 0.3) is 0 Å². The van der Waals surface area contributed by atoms with Crippen LogP contribution in [0, 0.1) is 0 Å². The second kappa shape index (κ2) is 6.47. The van der Waals surface area contributed by atoms with Gasteiger partial charge >= 0.3 is 0 Å². The average molecular weight is 254 g/mol. The summed E-state index contributed by atoms with van der Waals surface area (Å²) >= 11 is 0. The van der Waals surface area contributed by atoms with E-state index in [1.165, 1.54) is 0 Å². The molecule has 0 bridgehead atoms. The van der Waals surface area contributed by atoms with Gasteiger partial charge in [0.15, 0.2) is 0 Å². The van der Waals surface area contributed by atoms with E-state index >= 15 is 0 Å². The van der Waals surface area contributed by atoms with Gasteiger partial charge in [0, 0.05) is 28.2 Å². The number of rotatable bonds is 4. The van der Waals surface area contributed by atoms with E-state index in [2.05, 4.69) is 30.8 Å². The standard InChI is InChI=1S/C12H26N6/c1-11(2,9(13-5)14-6)17-18-12(3,4)10(15-7)16-8/h1-8H3,(H,13,14)(H,15,16)/b18-17+. The van der Waals surface area contributed by atoms with Gasteiger partial charge in [-0.1, -0.05) is 0 Å². The molecule has 0 aromatic rings. The molecule has 0 atom stereocenters. The highest BCUT2D eigenvalue weighted by Gasteiger charge is 2.28. The lowest BCUT2D eigenvalue weighted by Gasteiger charge is -2.25. The van der Waals surface area contributed by atoms with E-state index in [0.29, 0.717) is 0 Å². The molecule has 0 amide bonds. The van der Waals surface area contributed by atoms with Crippen molar-refractivity contribution in [3.63, 3.8) is 0 Å². The first-order valence-electron chi connectivity index (χ1n) is 5.99. The topological polar surface area (TPSA) is 73.5 Å². The molecule has 6 heteroatoms. The summed E-state index contributed by atoms with van der Waals surface area (Å²) < 4.78 is 0. The van der Waals surface area contributed by atoms with Crippen LogP contribution in [-0.2, 0) is 0 Å². The predicted octanol–water partition coefficient (Wildman–Crippen LogP) is 1.49. The first-order valence-corrected chi connectivity index (χ1v) is 5.99. The van der Waals surface area contributed by atoms with Crippen LogP contribution in [0.4, 0.5) is 0 Å². The fourth-order valence-electron chi connectivity index (χ4n) is 1.73. The Hall–Kier alpha value is -1.46. The van der Waals surface area contributed by atoms with Crippen LogP contribution in [0.3, 0.4) is 0 Å². The average Bonchev–Trinajstić information content (AvgIpc) is 2.29. The van der Waals surface area contributed by atoms with E-state index in [4.69, 9.17) is 0 Å². The largest absolute Gasteiger partial charge is 0.375 e. The molecule has 6 nitrogen and oxygen atoms in total. The maximum Gasteiger partial charge on any atom is 0.132 e. The van der Waals surface area contributed by atoms with E-state index < -0.39 is 11.1 Å². The summed E-state index contributed by atoms with van der Waals surface area (Å²) in [7, 11) is 7.14. The molecule has 18 heavy (non-hydrogen) atoms. The molecule has 0 unspecified atom stereocenters. The van der Waals surface area contributed by atoms with Crippen molar-refractivity contribution in [3.8, 4) is 0 Å². The number of likely N-dealkylation sites (N-methyl/N-ethyl adjacent to an activating group) is 2. The monoisotopic (exact) mass is 254 g/mol. The summed E-state index contributed by atoms with van der Waals surface area (Å²) in [5.41, 5.74) is -0.958. The van der Waals surface area contributed by atoms with Crippen molar-refractivity contribution in [1.82, 2.24) is 10.6 Å². The van der Waals surface area contributed by atoms with Gasteiger partial charge in [0.2, 0.25) is 0 Å². The SMILES string of the molecule is C/N=C(\NC)C(C)(C)/N=N/C(C)(C)/C(=N/C)NC. The van der Waals surface area contributed by atoms with Crippen molar-refractivity contribution in [3.05, 3.63) is 0 Å². The zero-order valence-electron chi connectivity index (χ0n) is 12.8. The van der Waals surface area contributed by atoms with E-state index in [9.17, 15) is 0 Å². The van der Waals surface area contributed by atoms with Crippen molar-refractivity contribution in [2.75, 3.05) is 28.2 Å². The third-order valence-corrected chi connectivity index (χ3v) is 2.63. The van der Waals surface area contributed by atoms with Crippen LogP contribution in [0.15, 0.2) is 20.2 Å². The van der Waals surface area contributed by atoms with Crippen LogP contribution in [0.25, 0.3) is 0 Å². The highest BCUT2D eigenvalue weighted by Crippen LogP contribution is 2.17. The second-order valence-corrected chi connectivity index (χ2v) is 4.96. The van der Waals surface area contributed by atoms with Crippen LogP contribution in [0.2, 0.25) is 0 Å². The van der Waals surface area contributed by atoms with Crippen LogP contribution < -0.4 is 10.6 Å². The minimum atomic E-state index is -0.479. The highest BCUT2D eigenvalue weighted by molar-refractivity contribution is 5.91. The lowest BCUT2D eigenvalue weighted by atomic mass is 10.0. The summed E-state index contributed by atoms with van der Waals surface area (Å²) in [6.07, 6.45) is 0. The number of azo groups is 1. The minimum absolute atomic E-state index is 0.479. The molecular weight excluding hydrogens is 228 g/mol. The number of aliphatic imine (C=N–C) groups is 2. The second-order valence-electron chi connectivity index (χ2n) is 4.96. The van der Waals surface area contributed by atoms with Gasteiger partial charge in [-0.05, 0) is 27.7 Å². The quantitative estimate of drug-likeness (QED) is 0.453. The lowest BCUT2D eigenvalue weighted by Crippen LogP contribution is -2.42. The van der Waals surface area contributed by atoms with Crippen LogP contribution in [-0.4, -0.2) is 50.9 Å². The molecule has 0 saturated heterocycles. The Morgan fingerprint density at radius 1 is 0.722 bits per heavy atom. The molecule has 0 aliphatic rings. The Morgan fingerprint density at radius 2 is 1.00 bits per heavy atom. The molecule has 104 valence electrons. The molecule has 0 radical (unpaired) electrons. The fraction of sp³-hybridized carbons (Fsp3) is 0.833. The van der Waals surface area contributed by atoms with Gasteiger partial charge < -0.3 is 10.6 Å². The molecule has 0 fully saturated rings. The molecule has 0 heterocycles. The molecule has 2 N–H and O–H groups in total. The van der Waals surface area contributed by atoms with E-state index in [0.717, 1.165) is 11.7 Å². The molecule has 0 aliphatic heterocycles. The maximum absolute atomic E-state index is 4.40. The molecule has 0 rings (SSSR count). The van der Waals surface area contributed by atoms with Gasteiger partial charge in [0.1, 0.15) is 22.7 Å². The zero-order valence-corrected chi connectivity index (χ0v) is 12.8. The number of nitrogens with zero attached hydrogens (tertiary/aromatic N) is 4. The summed E-state index contributed by atoms with van der Waals surface area (Å²) in [4.78, 5) is 8.34. The summed E-state index contributed by atoms with van der Waals surface area (Å²) in [6.45, 7) is 7.86. The summed E-state index contributed by atoms with van der Waals surface area (Å²) in [6, 6.07) is 0. The lowest BCUT2D eigenvalue weighted by molar-refractivity contribution is 0.549. The van der Waals surface area contributed by atoms with E-state index in [-0.39, 0.29) is 0 Å². The van der Waals surface area contributed by atoms with Crippen LogP contribution in [0.1, 0.15) is 27.7 Å². The Kier molecular flexibility index (Phi) is 5.94. The summed E-state index contributed by atoms with van der Waals surface area (Å²) in [5.74, 6) is 1.59. The molecule has 0 spiro atoms. The normalized spacial score (nSPS) is 15.1. The van der Waals surface area contributed by atoms with Crippen molar-refractivity contribution < 1.29 is 0 Å². The first-order chi connectivity index (χ1) is 8.25. The molecule has 0 saturated carbocycles. The molecule has 0 aliphatic carbocycles. The maximum atomic E-state index is 4.40. The van der Waals surface area contributed by atoms with Crippen molar-refractivity contribution in [2.45, 2.75) is 38.8 Å². The Balaban J connectivity index is 5.15. The van der Waals surface area contributed by atoms with Gasteiger partial charge in [-0.15, -0.1) is 0 Å². The first kappa shape index (κ1) is 16.5. The van der Waals surface area contributed by atoms with E-state index in [1.807, 2.05) is 41.8 Å². The Morgan fingerprint density at radius 3 is 1.17 bits per heavy atom. The van der Waals surface area contributed by atoms with Gasteiger partial charge in [0.05, 0.1) is 0 Å². The smallest absolute Gasteiger partial charge is 0.132 e. The highest BCUT2D eigenvalue weighted by atomic mass is 15.2. The number of amidine groups is 2. The number of nitrogens with one attached hydrogen (secondary N) is 2. The molecule has 0 aromatic heterocycles. The Labute approximate surface area is 110 Å². The zero-order chi connectivity index (χ0) is 14.4. The van der Waals surface area contributed by atoms with Crippen molar-refractivity contribution >= 4 is 11.7 Å². The molecule has 0 aromatic carbocycles. The minimum Gasteiger partial charge on any atom is -0.375 e. The predicted molar refractivity (Wildman–Crippen MR) is 77.9 cm³/mol. The van der Waals surface area contributed by atoms with Crippen molar-refractivity contribution in [1.29, 1.82) is 0 Å².